The van der Waals surface area contributed by atoms with Gasteiger partial charge in [-0.3, -0.25) is 20.2 Å². The molecule has 0 aliphatic rings. The van der Waals surface area contributed by atoms with Crippen LogP contribution in [0, 0.1) is 20.2 Å². The van der Waals surface area contributed by atoms with E-state index >= 15 is 0 Å². The molecule has 0 heterocycles. The Morgan fingerprint density at radius 2 is 1.17 bits per heavy atom. The summed E-state index contributed by atoms with van der Waals surface area (Å²) >= 11 is 11.4. The predicted octanol–water partition coefficient (Wildman–Crippen LogP) is 4.26. The second kappa shape index (κ2) is 7.62. The van der Waals surface area contributed by atoms with Crippen LogP contribution in [0.5, 0.6) is 0 Å². The highest BCUT2D eigenvalue weighted by molar-refractivity contribution is 6.33. The number of halogens is 2. The van der Waals surface area contributed by atoms with Crippen LogP contribution < -0.4 is 0 Å². The molecule has 0 aliphatic heterocycles. The summed E-state index contributed by atoms with van der Waals surface area (Å²) in [6, 6.07) is 8.37. The summed E-state index contributed by atoms with van der Waals surface area (Å²) < 4.78 is 0. The summed E-state index contributed by atoms with van der Waals surface area (Å²) in [4.78, 5) is 20.4. The van der Waals surface area contributed by atoms with Gasteiger partial charge in [-0.15, -0.1) is 0 Å². The molecule has 0 spiro atoms. The minimum atomic E-state index is -0.601. The molecule has 2 aromatic carbocycles. The van der Waals surface area contributed by atoms with E-state index in [9.17, 15) is 20.2 Å². The Hall–Kier alpha value is -2.84. The maximum Gasteiger partial charge on any atom is 0.288 e. The topological polar surface area (TPSA) is 111 Å². The van der Waals surface area contributed by atoms with Gasteiger partial charge in [0, 0.05) is 23.3 Å². The number of nitrogens with zero attached hydrogens (tertiary/aromatic N) is 4. The molecule has 0 aromatic heterocycles. The number of benzene rings is 2. The van der Waals surface area contributed by atoms with Crippen molar-refractivity contribution in [1.29, 1.82) is 0 Å². The molecule has 2 rings (SSSR count). The molecule has 0 saturated heterocycles. The summed E-state index contributed by atoms with van der Waals surface area (Å²) in [5.41, 5.74) is 0.395. The maximum absolute atomic E-state index is 10.8. The fraction of sp³-hybridized carbons (Fsp3) is 0. The van der Waals surface area contributed by atoms with E-state index in [1.165, 1.54) is 36.7 Å². The molecule has 8 nitrogen and oxygen atoms in total. The molecule has 122 valence electrons. The molecule has 0 N–H and O–H groups in total. The van der Waals surface area contributed by atoms with Crippen molar-refractivity contribution < 1.29 is 9.85 Å². The van der Waals surface area contributed by atoms with Gasteiger partial charge in [0.25, 0.3) is 11.4 Å². The fourth-order valence-electron chi connectivity index (χ4n) is 1.70. The van der Waals surface area contributed by atoms with E-state index in [1.807, 2.05) is 0 Å². The largest absolute Gasteiger partial charge is 0.288 e. The van der Waals surface area contributed by atoms with Gasteiger partial charge < -0.3 is 0 Å². The number of hydrogen-bond donors (Lipinski definition) is 0. The van der Waals surface area contributed by atoms with Gasteiger partial charge >= 0.3 is 0 Å². The van der Waals surface area contributed by atoms with E-state index in [-0.39, 0.29) is 21.4 Å². The van der Waals surface area contributed by atoms with Gasteiger partial charge in [0.15, 0.2) is 0 Å². The van der Waals surface area contributed by atoms with Gasteiger partial charge in [-0.1, -0.05) is 35.3 Å². The zero-order chi connectivity index (χ0) is 17.7. The average Bonchev–Trinajstić information content (AvgIpc) is 2.53. The fourth-order valence-corrected chi connectivity index (χ4v) is 2.07. The lowest BCUT2D eigenvalue weighted by Crippen LogP contribution is -1.92. The van der Waals surface area contributed by atoms with Crippen molar-refractivity contribution in [2.45, 2.75) is 0 Å². The first-order valence-corrected chi connectivity index (χ1v) is 7.08. The molecule has 0 saturated carbocycles. The van der Waals surface area contributed by atoms with Gasteiger partial charge in [-0.25, -0.2) is 0 Å². The Bertz CT molecular complexity index is 796. The Morgan fingerprint density at radius 1 is 0.792 bits per heavy atom. The van der Waals surface area contributed by atoms with Crippen LogP contribution in [0.4, 0.5) is 11.4 Å². The zero-order valence-corrected chi connectivity index (χ0v) is 13.3. The molecule has 0 atom stereocenters. The van der Waals surface area contributed by atoms with Crippen LogP contribution in [0.2, 0.25) is 10.0 Å². The van der Waals surface area contributed by atoms with Gasteiger partial charge in [0.2, 0.25) is 0 Å². The molecule has 0 fully saturated rings. The highest BCUT2D eigenvalue weighted by Crippen LogP contribution is 2.25. The molecule has 0 amide bonds. The van der Waals surface area contributed by atoms with Crippen molar-refractivity contribution >= 4 is 47.0 Å². The number of nitro benzene ring substituents is 2. The van der Waals surface area contributed by atoms with Crippen molar-refractivity contribution in [3.63, 3.8) is 0 Å². The van der Waals surface area contributed by atoms with E-state index in [2.05, 4.69) is 10.2 Å². The molecule has 0 aliphatic carbocycles. The average molecular weight is 367 g/mol. The van der Waals surface area contributed by atoms with Gasteiger partial charge in [-0.05, 0) is 12.1 Å². The third kappa shape index (κ3) is 4.34. The van der Waals surface area contributed by atoms with E-state index in [1.54, 1.807) is 12.1 Å². The molecular weight excluding hydrogens is 359 g/mol. The Morgan fingerprint density at radius 3 is 1.50 bits per heavy atom. The summed E-state index contributed by atoms with van der Waals surface area (Å²) in [5, 5.41) is 29.1. The van der Waals surface area contributed by atoms with Crippen molar-refractivity contribution in [2.24, 2.45) is 10.2 Å². The quantitative estimate of drug-likeness (QED) is 0.446. The number of nitro groups is 2. The molecular formula is C14H8Cl2N4O4. The van der Waals surface area contributed by atoms with Crippen LogP contribution in [-0.4, -0.2) is 22.3 Å². The van der Waals surface area contributed by atoms with Gasteiger partial charge in [0.1, 0.15) is 10.0 Å². The predicted molar refractivity (Wildman–Crippen MR) is 91.4 cm³/mol. The van der Waals surface area contributed by atoms with Crippen LogP contribution in [-0.2, 0) is 0 Å². The van der Waals surface area contributed by atoms with Crippen molar-refractivity contribution in [3.8, 4) is 0 Å². The highest BCUT2D eigenvalue weighted by atomic mass is 35.5. The van der Waals surface area contributed by atoms with Crippen molar-refractivity contribution in [1.82, 2.24) is 0 Å². The van der Waals surface area contributed by atoms with E-state index in [0.717, 1.165) is 0 Å². The smallest absolute Gasteiger partial charge is 0.258 e. The monoisotopic (exact) mass is 366 g/mol. The van der Waals surface area contributed by atoms with Crippen molar-refractivity contribution in [3.05, 3.63) is 77.8 Å². The third-order valence-electron chi connectivity index (χ3n) is 2.81. The van der Waals surface area contributed by atoms with E-state index < -0.39 is 9.85 Å². The van der Waals surface area contributed by atoms with Crippen LogP contribution in [0.3, 0.4) is 0 Å². The Balaban J connectivity index is 2.16. The minimum Gasteiger partial charge on any atom is -0.258 e. The second-order valence-electron chi connectivity index (χ2n) is 4.43. The first-order valence-electron chi connectivity index (χ1n) is 6.33. The van der Waals surface area contributed by atoms with Crippen LogP contribution >= 0.6 is 23.2 Å². The van der Waals surface area contributed by atoms with Crippen LogP contribution in [0.15, 0.2) is 46.6 Å². The van der Waals surface area contributed by atoms with Crippen molar-refractivity contribution in [2.75, 3.05) is 0 Å². The molecule has 0 bridgehead atoms. The summed E-state index contributed by atoms with van der Waals surface area (Å²) in [7, 11) is 0. The molecule has 0 unspecified atom stereocenters. The molecule has 10 heteroatoms. The lowest BCUT2D eigenvalue weighted by atomic mass is 10.2. The SMILES string of the molecule is O=[N+]([O-])c1cc(/C=N\N=C/c2ccc(Cl)c([N+](=O)[O-])c2)ccc1Cl. The maximum atomic E-state index is 10.8. The van der Waals surface area contributed by atoms with Gasteiger partial charge in [0.05, 0.1) is 22.3 Å². The summed E-state index contributed by atoms with van der Waals surface area (Å²) in [6.45, 7) is 0. The summed E-state index contributed by atoms with van der Waals surface area (Å²) in [6.07, 6.45) is 2.59. The van der Waals surface area contributed by atoms with E-state index in [4.69, 9.17) is 23.2 Å². The second-order valence-corrected chi connectivity index (χ2v) is 5.24. The number of hydrogen-bond acceptors (Lipinski definition) is 6. The molecule has 2 aromatic rings. The Kier molecular flexibility index (Phi) is 5.56. The lowest BCUT2D eigenvalue weighted by molar-refractivity contribution is -0.384. The minimum absolute atomic E-state index is 0.0223. The normalized spacial score (nSPS) is 11.2. The van der Waals surface area contributed by atoms with E-state index in [0.29, 0.717) is 11.1 Å². The molecule has 0 radical (unpaired) electrons. The van der Waals surface area contributed by atoms with Gasteiger partial charge in [-0.2, -0.15) is 10.2 Å². The first-order chi connectivity index (χ1) is 11.4. The Labute approximate surface area is 145 Å². The molecule has 24 heavy (non-hydrogen) atoms. The summed E-state index contributed by atoms with van der Waals surface area (Å²) in [5.74, 6) is 0. The zero-order valence-electron chi connectivity index (χ0n) is 11.8. The third-order valence-corrected chi connectivity index (χ3v) is 3.45. The number of rotatable bonds is 5. The van der Waals surface area contributed by atoms with Crippen LogP contribution in [0.25, 0.3) is 0 Å². The highest BCUT2D eigenvalue weighted by Gasteiger charge is 2.12. The standard InChI is InChI=1S/C14H8Cl2N4O4/c15-11-3-1-9(5-13(11)19(21)22)7-17-18-8-10-2-4-12(16)14(6-10)20(23)24/h1-8H/b17-7-,18-8-. The first kappa shape index (κ1) is 17.5. The van der Waals surface area contributed by atoms with Crippen LogP contribution in [0.1, 0.15) is 11.1 Å². The lowest BCUT2D eigenvalue weighted by Gasteiger charge is -1.96.